The van der Waals surface area contributed by atoms with Crippen molar-refractivity contribution in [3.8, 4) is 0 Å². The lowest BCUT2D eigenvalue weighted by Crippen LogP contribution is -2.54. The molecule has 1 amide bonds. The second-order valence-electron chi connectivity index (χ2n) is 4.61. The highest BCUT2D eigenvalue weighted by Gasteiger charge is 2.35. The average Bonchev–Trinajstić information content (AvgIpc) is 2.40. The first-order chi connectivity index (χ1) is 9.01. The van der Waals surface area contributed by atoms with Crippen LogP contribution in [0.2, 0.25) is 0 Å². The van der Waals surface area contributed by atoms with Crippen LogP contribution in [-0.4, -0.2) is 35.7 Å². The summed E-state index contributed by atoms with van der Waals surface area (Å²) in [5.74, 6) is -1.27. The lowest BCUT2D eigenvalue weighted by Gasteiger charge is -2.31. The molecule has 1 fully saturated rings. The summed E-state index contributed by atoms with van der Waals surface area (Å²) in [4.78, 5) is 22.8. The largest absolute Gasteiger partial charge is 0.478 e. The molecule has 1 aromatic carbocycles. The van der Waals surface area contributed by atoms with Gasteiger partial charge < -0.3 is 20.9 Å². The van der Waals surface area contributed by atoms with Crippen LogP contribution in [0.5, 0.6) is 0 Å². The van der Waals surface area contributed by atoms with Crippen molar-refractivity contribution in [2.45, 2.75) is 18.4 Å². The van der Waals surface area contributed by atoms with Crippen LogP contribution in [0.4, 0.5) is 5.69 Å². The fourth-order valence-electron chi connectivity index (χ4n) is 1.91. The van der Waals surface area contributed by atoms with Crippen molar-refractivity contribution in [1.82, 2.24) is 0 Å². The van der Waals surface area contributed by atoms with Crippen LogP contribution in [0.1, 0.15) is 23.2 Å². The van der Waals surface area contributed by atoms with E-state index < -0.39 is 11.5 Å². The van der Waals surface area contributed by atoms with Gasteiger partial charge in [0, 0.05) is 18.9 Å². The molecular weight excluding hydrogens is 248 g/mol. The van der Waals surface area contributed by atoms with E-state index in [1.165, 1.54) is 12.1 Å². The van der Waals surface area contributed by atoms with Gasteiger partial charge in [-0.15, -0.1) is 0 Å². The topological polar surface area (TPSA) is 102 Å². The van der Waals surface area contributed by atoms with E-state index in [0.717, 1.165) is 0 Å². The molecule has 102 valence electrons. The molecule has 0 atom stereocenters. The zero-order valence-corrected chi connectivity index (χ0v) is 10.4. The molecule has 0 unspecified atom stereocenters. The van der Waals surface area contributed by atoms with Gasteiger partial charge >= 0.3 is 5.97 Å². The number of aromatic carboxylic acids is 1. The minimum atomic E-state index is -1.00. The number of amides is 1. The number of hydrogen-bond acceptors (Lipinski definition) is 4. The third-order valence-corrected chi connectivity index (χ3v) is 3.23. The van der Waals surface area contributed by atoms with Gasteiger partial charge in [0.05, 0.1) is 5.56 Å². The first kappa shape index (κ1) is 13.5. The second-order valence-corrected chi connectivity index (χ2v) is 4.61. The Balaban J connectivity index is 2.04. The molecule has 1 heterocycles. The first-order valence-electron chi connectivity index (χ1n) is 6.03. The SMILES string of the molecule is NC1(C(=O)Nc2ccc(C(=O)O)cc2)CCOCC1. The Kier molecular flexibility index (Phi) is 3.82. The Morgan fingerprint density at radius 1 is 1.21 bits per heavy atom. The number of anilines is 1. The monoisotopic (exact) mass is 264 g/mol. The van der Waals surface area contributed by atoms with Crippen LogP contribution < -0.4 is 11.1 Å². The number of nitrogens with one attached hydrogen (secondary N) is 1. The van der Waals surface area contributed by atoms with E-state index in [0.29, 0.717) is 31.7 Å². The maximum atomic E-state index is 12.1. The minimum absolute atomic E-state index is 0.173. The van der Waals surface area contributed by atoms with E-state index >= 15 is 0 Å². The first-order valence-corrected chi connectivity index (χ1v) is 6.03. The van der Waals surface area contributed by atoms with Crippen molar-refractivity contribution >= 4 is 17.6 Å². The predicted molar refractivity (Wildman–Crippen MR) is 69.0 cm³/mol. The van der Waals surface area contributed by atoms with E-state index in [1.807, 2.05) is 0 Å². The fraction of sp³-hybridized carbons (Fsp3) is 0.385. The third kappa shape index (κ3) is 3.10. The van der Waals surface area contributed by atoms with E-state index in [4.69, 9.17) is 15.6 Å². The Hall–Kier alpha value is -1.92. The summed E-state index contributed by atoms with van der Waals surface area (Å²) >= 11 is 0. The van der Waals surface area contributed by atoms with Crippen LogP contribution in [0.25, 0.3) is 0 Å². The van der Waals surface area contributed by atoms with Crippen molar-refractivity contribution in [3.63, 3.8) is 0 Å². The Labute approximate surface area is 110 Å². The van der Waals surface area contributed by atoms with Crippen molar-refractivity contribution < 1.29 is 19.4 Å². The molecule has 4 N–H and O–H groups in total. The number of nitrogens with two attached hydrogens (primary N) is 1. The number of hydrogen-bond donors (Lipinski definition) is 3. The molecule has 0 aliphatic carbocycles. The average molecular weight is 264 g/mol. The summed E-state index contributed by atoms with van der Waals surface area (Å²) in [6, 6.07) is 5.96. The molecule has 6 heteroatoms. The van der Waals surface area contributed by atoms with Crippen LogP contribution >= 0.6 is 0 Å². The second kappa shape index (κ2) is 5.38. The maximum absolute atomic E-state index is 12.1. The lowest BCUT2D eigenvalue weighted by molar-refractivity contribution is -0.124. The number of benzene rings is 1. The Morgan fingerprint density at radius 3 is 2.32 bits per heavy atom. The summed E-state index contributed by atoms with van der Waals surface area (Å²) in [6.45, 7) is 0.948. The number of carbonyl (C=O) groups excluding carboxylic acids is 1. The molecular formula is C13H16N2O4. The zero-order chi connectivity index (χ0) is 13.9. The molecule has 1 aliphatic heterocycles. The number of carboxylic acid groups (broad SMARTS) is 1. The van der Waals surface area contributed by atoms with Crippen LogP contribution in [0, 0.1) is 0 Å². The molecule has 0 spiro atoms. The van der Waals surface area contributed by atoms with Gasteiger partial charge in [-0.25, -0.2) is 4.79 Å². The number of rotatable bonds is 3. The van der Waals surface area contributed by atoms with E-state index in [1.54, 1.807) is 12.1 Å². The van der Waals surface area contributed by atoms with E-state index in [9.17, 15) is 9.59 Å². The summed E-state index contributed by atoms with van der Waals surface area (Å²) in [6.07, 6.45) is 0.956. The normalized spacial score (nSPS) is 17.7. The summed E-state index contributed by atoms with van der Waals surface area (Å²) in [5, 5.41) is 11.5. The zero-order valence-electron chi connectivity index (χ0n) is 10.4. The number of carbonyl (C=O) groups is 2. The van der Waals surface area contributed by atoms with Gasteiger partial charge in [-0.3, -0.25) is 4.79 Å². The van der Waals surface area contributed by atoms with Crippen molar-refractivity contribution in [3.05, 3.63) is 29.8 Å². The lowest BCUT2D eigenvalue weighted by atomic mass is 9.90. The van der Waals surface area contributed by atoms with Gasteiger partial charge in [-0.2, -0.15) is 0 Å². The molecule has 19 heavy (non-hydrogen) atoms. The standard InChI is InChI=1S/C13H16N2O4/c14-13(5-7-19-8-6-13)12(18)15-10-3-1-9(2-4-10)11(16)17/h1-4H,5-8,14H2,(H,15,18)(H,16,17). The molecule has 1 aromatic rings. The van der Waals surface area contributed by atoms with Crippen molar-refractivity contribution in [1.29, 1.82) is 0 Å². The van der Waals surface area contributed by atoms with Gasteiger partial charge in [0.15, 0.2) is 0 Å². The number of ether oxygens (including phenoxy) is 1. The minimum Gasteiger partial charge on any atom is -0.478 e. The van der Waals surface area contributed by atoms with Crippen LogP contribution in [-0.2, 0) is 9.53 Å². The molecule has 0 saturated carbocycles. The van der Waals surface area contributed by atoms with E-state index in [-0.39, 0.29) is 11.5 Å². The summed E-state index contributed by atoms with van der Waals surface area (Å²) in [5.41, 5.74) is 5.84. The summed E-state index contributed by atoms with van der Waals surface area (Å²) < 4.78 is 5.18. The molecule has 2 rings (SSSR count). The van der Waals surface area contributed by atoms with Gasteiger partial charge in [0.2, 0.25) is 5.91 Å². The molecule has 0 radical (unpaired) electrons. The van der Waals surface area contributed by atoms with Gasteiger partial charge in [-0.1, -0.05) is 0 Å². The molecule has 6 nitrogen and oxygen atoms in total. The van der Waals surface area contributed by atoms with Crippen molar-refractivity contribution in [2.75, 3.05) is 18.5 Å². The van der Waals surface area contributed by atoms with Gasteiger partial charge in [0.1, 0.15) is 5.54 Å². The fourth-order valence-corrected chi connectivity index (χ4v) is 1.91. The van der Waals surface area contributed by atoms with Crippen LogP contribution in [0.15, 0.2) is 24.3 Å². The Bertz CT molecular complexity index is 478. The Morgan fingerprint density at radius 2 is 1.79 bits per heavy atom. The number of carboxylic acids is 1. The summed E-state index contributed by atoms with van der Waals surface area (Å²) in [7, 11) is 0. The molecule has 0 aromatic heterocycles. The van der Waals surface area contributed by atoms with Gasteiger partial charge in [-0.05, 0) is 37.1 Å². The smallest absolute Gasteiger partial charge is 0.335 e. The quantitative estimate of drug-likeness (QED) is 0.750. The molecule has 1 aliphatic rings. The molecule has 1 saturated heterocycles. The van der Waals surface area contributed by atoms with Crippen LogP contribution in [0.3, 0.4) is 0 Å². The van der Waals surface area contributed by atoms with E-state index in [2.05, 4.69) is 5.32 Å². The highest BCUT2D eigenvalue weighted by atomic mass is 16.5. The predicted octanol–water partition coefficient (Wildman–Crippen LogP) is 0.831. The van der Waals surface area contributed by atoms with Crippen molar-refractivity contribution in [2.24, 2.45) is 5.73 Å². The third-order valence-electron chi connectivity index (χ3n) is 3.23. The molecule has 0 bridgehead atoms. The maximum Gasteiger partial charge on any atom is 0.335 e. The highest BCUT2D eigenvalue weighted by molar-refractivity contribution is 5.98. The highest BCUT2D eigenvalue weighted by Crippen LogP contribution is 2.20. The van der Waals surface area contributed by atoms with Gasteiger partial charge in [0.25, 0.3) is 0 Å².